The molecule has 1 atom stereocenters. The monoisotopic (exact) mass is 360 g/mol. The first-order chi connectivity index (χ1) is 12.1. The number of hydrogen-bond acceptors (Lipinski definition) is 6. The van der Waals surface area contributed by atoms with Gasteiger partial charge in [-0.05, 0) is 26.0 Å². The summed E-state index contributed by atoms with van der Waals surface area (Å²) in [7, 11) is 0. The van der Waals surface area contributed by atoms with Gasteiger partial charge in [-0.2, -0.15) is 0 Å². The van der Waals surface area contributed by atoms with Gasteiger partial charge in [-0.15, -0.1) is 11.3 Å². The molecule has 0 spiro atoms. The van der Waals surface area contributed by atoms with Crippen molar-refractivity contribution in [2.24, 2.45) is 0 Å². The van der Waals surface area contributed by atoms with Crippen LogP contribution in [0.15, 0.2) is 24.4 Å². The number of aryl methyl sites for hydroxylation is 2. The molecular formula is C18H24N4O2S. The molecule has 1 saturated heterocycles. The normalized spacial score (nSPS) is 16.6. The first-order valence-corrected chi connectivity index (χ1v) is 9.37. The Morgan fingerprint density at radius 3 is 2.80 bits per heavy atom. The number of aromatic nitrogens is 2. The molecule has 0 aromatic carbocycles. The van der Waals surface area contributed by atoms with Crippen LogP contribution in [0.2, 0.25) is 0 Å². The van der Waals surface area contributed by atoms with Gasteiger partial charge in [0.1, 0.15) is 0 Å². The molecule has 6 nitrogen and oxygen atoms in total. The highest BCUT2D eigenvalue weighted by Crippen LogP contribution is 2.20. The lowest BCUT2D eigenvalue weighted by molar-refractivity contribution is -0.120. The lowest BCUT2D eigenvalue weighted by atomic mass is 10.1. The number of pyridine rings is 1. The summed E-state index contributed by atoms with van der Waals surface area (Å²) in [5.74, 6) is 0.0286. The highest BCUT2D eigenvalue weighted by atomic mass is 32.1. The SMILES string of the molecule is Cc1nc(C)c(CC(=O)NC[C@H](c2ccccn2)N2CCOCC2)s1. The van der Waals surface area contributed by atoms with Gasteiger partial charge >= 0.3 is 0 Å². The Morgan fingerprint density at radius 2 is 2.16 bits per heavy atom. The van der Waals surface area contributed by atoms with E-state index in [4.69, 9.17) is 4.74 Å². The molecule has 1 aliphatic rings. The summed E-state index contributed by atoms with van der Waals surface area (Å²) >= 11 is 1.59. The van der Waals surface area contributed by atoms with Crippen LogP contribution >= 0.6 is 11.3 Å². The zero-order chi connectivity index (χ0) is 17.6. The topological polar surface area (TPSA) is 67.4 Å². The molecule has 0 aliphatic carbocycles. The first-order valence-electron chi connectivity index (χ1n) is 8.56. The number of amides is 1. The molecule has 1 N–H and O–H groups in total. The Labute approximate surface area is 152 Å². The highest BCUT2D eigenvalue weighted by Gasteiger charge is 2.24. The summed E-state index contributed by atoms with van der Waals surface area (Å²) in [4.78, 5) is 24.6. The molecule has 1 fully saturated rings. The van der Waals surface area contributed by atoms with E-state index in [2.05, 4.69) is 20.2 Å². The van der Waals surface area contributed by atoms with E-state index in [1.165, 1.54) is 0 Å². The fourth-order valence-electron chi connectivity index (χ4n) is 3.04. The molecule has 0 saturated carbocycles. The Hall–Kier alpha value is -1.83. The van der Waals surface area contributed by atoms with Crippen LogP contribution in [0.3, 0.4) is 0 Å². The van der Waals surface area contributed by atoms with Crippen molar-refractivity contribution in [2.75, 3.05) is 32.8 Å². The van der Waals surface area contributed by atoms with Crippen molar-refractivity contribution in [2.45, 2.75) is 26.3 Å². The maximum atomic E-state index is 12.4. The summed E-state index contributed by atoms with van der Waals surface area (Å²) in [5.41, 5.74) is 1.93. The number of carbonyl (C=O) groups excluding carboxylic acids is 1. The summed E-state index contributed by atoms with van der Waals surface area (Å²) in [6.45, 7) is 7.61. The van der Waals surface area contributed by atoms with Crippen LogP contribution in [-0.4, -0.2) is 53.6 Å². The number of nitrogens with one attached hydrogen (secondary N) is 1. The molecule has 3 rings (SSSR count). The molecule has 0 bridgehead atoms. The zero-order valence-corrected chi connectivity index (χ0v) is 15.5. The van der Waals surface area contributed by atoms with E-state index in [9.17, 15) is 4.79 Å². The van der Waals surface area contributed by atoms with Crippen LogP contribution in [0, 0.1) is 13.8 Å². The van der Waals surface area contributed by atoms with Crippen LogP contribution in [0.4, 0.5) is 0 Å². The number of carbonyl (C=O) groups is 1. The van der Waals surface area contributed by atoms with E-state index in [1.54, 1.807) is 17.5 Å². The maximum absolute atomic E-state index is 12.4. The molecule has 0 radical (unpaired) electrons. The number of ether oxygens (including phenoxy) is 1. The first kappa shape index (κ1) is 18.0. The van der Waals surface area contributed by atoms with Crippen molar-refractivity contribution in [3.05, 3.63) is 45.7 Å². The van der Waals surface area contributed by atoms with Crippen molar-refractivity contribution in [3.63, 3.8) is 0 Å². The van der Waals surface area contributed by atoms with Gasteiger partial charge in [0.25, 0.3) is 0 Å². The van der Waals surface area contributed by atoms with Crippen LogP contribution in [0.5, 0.6) is 0 Å². The molecule has 0 unspecified atom stereocenters. The van der Waals surface area contributed by atoms with Gasteiger partial charge in [0.05, 0.1) is 42.1 Å². The van der Waals surface area contributed by atoms with Gasteiger partial charge in [-0.3, -0.25) is 14.7 Å². The molecule has 1 amide bonds. The fourth-order valence-corrected chi connectivity index (χ4v) is 3.98. The van der Waals surface area contributed by atoms with Crippen molar-refractivity contribution >= 4 is 17.2 Å². The predicted octanol–water partition coefficient (Wildman–Crippen LogP) is 1.89. The molecule has 2 aromatic heterocycles. The van der Waals surface area contributed by atoms with Gasteiger partial charge in [0.2, 0.25) is 5.91 Å². The number of rotatable bonds is 6. The van der Waals surface area contributed by atoms with Crippen molar-refractivity contribution in [3.8, 4) is 0 Å². The third kappa shape index (κ3) is 4.84. The van der Waals surface area contributed by atoms with E-state index < -0.39 is 0 Å². The number of morpholine rings is 1. The largest absolute Gasteiger partial charge is 0.379 e. The summed E-state index contributed by atoms with van der Waals surface area (Å²) in [5, 5.41) is 4.08. The van der Waals surface area contributed by atoms with E-state index in [0.717, 1.165) is 47.6 Å². The maximum Gasteiger partial charge on any atom is 0.225 e. The van der Waals surface area contributed by atoms with Crippen LogP contribution in [0.1, 0.15) is 27.3 Å². The van der Waals surface area contributed by atoms with Crippen molar-refractivity contribution in [1.29, 1.82) is 0 Å². The predicted molar refractivity (Wildman–Crippen MR) is 97.7 cm³/mol. The average molecular weight is 360 g/mol. The van der Waals surface area contributed by atoms with Gasteiger partial charge in [0, 0.05) is 30.7 Å². The van der Waals surface area contributed by atoms with Gasteiger partial charge < -0.3 is 10.1 Å². The molecule has 3 heterocycles. The third-order valence-corrected chi connectivity index (χ3v) is 5.40. The standard InChI is InChI=1S/C18H24N4O2S/c1-13-17(25-14(2)21-13)11-18(23)20-12-16(15-5-3-4-6-19-15)22-7-9-24-10-8-22/h3-6,16H,7-12H2,1-2H3,(H,20,23)/t16-/m1/s1. The van der Waals surface area contributed by atoms with E-state index in [1.807, 2.05) is 32.0 Å². The average Bonchev–Trinajstić information content (AvgIpc) is 2.94. The number of nitrogens with zero attached hydrogens (tertiary/aromatic N) is 3. The second-order valence-corrected chi connectivity index (χ2v) is 7.43. The van der Waals surface area contributed by atoms with Crippen LogP contribution in [0.25, 0.3) is 0 Å². The Balaban J connectivity index is 1.63. The lowest BCUT2D eigenvalue weighted by Gasteiger charge is -2.34. The smallest absolute Gasteiger partial charge is 0.225 e. The zero-order valence-electron chi connectivity index (χ0n) is 14.7. The lowest BCUT2D eigenvalue weighted by Crippen LogP contribution is -2.44. The quantitative estimate of drug-likeness (QED) is 0.852. The van der Waals surface area contributed by atoms with E-state index in [-0.39, 0.29) is 11.9 Å². The third-order valence-electron chi connectivity index (χ3n) is 4.33. The van der Waals surface area contributed by atoms with Crippen LogP contribution < -0.4 is 5.32 Å². The molecule has 25 heavy (non-hydrogen) atoms. The summed E-state index contributed by atoms with van der Waals surface area (Å²) in [6.07, 6.45) is 2.18. The minimum Gasteiger partial charge on any atom is -0.379 e. The van der Waals surface area contributed by atoms with Crippen molar-refractivity contribution in [1.82, 2.24) is 20.2 Å². The fraction of sp³-hybridized carbons (Fsp3) is 0.500. The van der Waals surface area contributed by atoms with Gasteiger partial charge in [-0.1, -0.05) is 6.07 Å². The van der Waals surface area contributed by atoms with Crippen LogP contribution in [-0.2, 0) is 16.0 Å². The van der Waals surface area contributed by atoms with E-state index in [0.29, 0.717) is 13.0 Å². The molecule has 1 aliphatic heterocycles. The van der Waals surface area contributed by atoms with Gasteiger partial charge in [0.15, 0.2) is 0 Å². The second kappa shape index (κ2) is 8.51. The molecule has 2 aromatic rings. The Morgan fingerprint density at radius 1 is 1.36 bits per heavy atom. The Bertz CT molecular complexity index is 698. The minimum atomic E-state index is 0.0286. The molecule has 134 valence electrons. The second-order valence-electron chi connectivity index (χ2n) is 6.14. The minimum absolute atomic E-state index is 0.0286. The summed E-state index contributed by atoms with van der Waals surface area (Å²) < 4.78 is 5.45. The molecular weight excluding hydrogens is 336 g/mol. The van der Waals surface area contributed by atoms with Crippen molar-refractivity contribution < 1.29 is 9.53 Å². The number of hydrogen-bond donors (Lipinski definition) is 1. The van der Waals surface area contributed by atoms with Gasteiger partial charge in [-0.25, -0.2) is 4.98 Å². The highest BCUT2D eigenvalue weighted by molar-refractivity contribution is 7.11. The number of thiazole rings is 1. The summed E-state index contributed by atoms with van der Waals surface area (Å²) in [6, 6.07) is 5.98. The molecule has 7 heteroatoms. The Kier molecular flexibility index (Phi) is 6.12. The van der Waals surface area contributed by atoms with E-state index >= 15 is 0 Å².